The first-order chi connectivity index (χ1) is 9.65. The fraction of sp³-hybridized carbons (Fsp3) is 0.545. The summed E-state index contributed by atoms with van der Waals surface area (Å²) in [6.07, 6.45) is 2.45. The summed E-state index contributed by atoms with van der Waals surface area (Å²) in [6.45, 7) is 1.90. The third-order valence-corrected chi connectivity index (χ3v) is 4.40. The number of hydrogen-bond donors (Lipinski definition) is 3. The van der Waals surface area contributed by atoms with Crippen molar-refractivity contribution in [3.63, 3.8) is 0 Å². The number of aliphatic carboxylic acids is 1. The van der Waals surface area contributed by atoms with E-state index in [0.29, 0.717) is 23.1 Å². The molecule has 0 bridgehead atoms. The first-order valence-electron chi connectivity index (χ1n) is 6.37. The summed E-state index contributed by atoms with van der Waals surface area (Å²) in [5.74, 6) is -0.729. The Morgan fingerprint density at radius 1 is 1.60 bits per heavy atom. The molecule has 0 fully saturated rings. The molecular weight excluding hydrogens is 280 g/mol. The summed E-state index contributed by atoms with van der Waals surface area (Å²) in [5, 5.41) is 26.9. The summed E-state index contributed by atoms with van der Waals surface area (Å²) in [7, 11) is 0. The molecule has 20 heavy (non-hydrogen) atoms. The molecule has 2 atom stereocenters. The van der Waals surface area contributed by atoms with Crippen molar-refractivity contribution in [1.82, 2.24) is 25.6 Å². The smallest absolute Gasteiger partial charge is 0.312 e. The van der Waals surface area contributed by atoms with E-state index in [1.807, 2.05) is 6.92 Å². The highest BCUT2D eigenvalue weighted by atomic mass is 32.1. The van der Waals surface area contributed by atoms with Crippen LogP contribution in [0.3, 0.4) is 0 Å². The second-order valence-electron chi connectivity index (χ2n) is 4.75. The van der Waals surface area contributed by atoms with E-state index in [0.717, 1.165) is 17.7 Å². The summed E-state index contributed by atoms with van der Waals surface area (Å²) in [4.78, 5) is 16.8. The van der Waals surface area contributed by atoms with Crippen LogP contribution in [0.15, 0.2) is 0 Å². The standard InChI is InChI=1S/C11H14N6O2S/c1-5(9-14-16-17-15-9)12-11-13-8-6(10(18)19)3-2-4-7(8)20-11/h5-6H,2-4H2,1H3,(H,12,13)(H,18,19)(H,14,15,16,17). The lowest BCUT2D eigenvalue weighted by Gasteiger charge is -2.16. The fourth-order valence-electron chi connectivity index (χ4n) is 2.32. The van der Waals surface area contributed by atoms with Crippen molar-refractivity contribution in [2.75, 3.05) is 5.32 Å². The van der Waals surface area contributed by atoms with Gasteiger partial charge in [-0.3, -0.25) is 4.79 Å². The number of nitrogens with one attached hydrogen (secondary N) is 2. The van der Waals surface area contributed by atoms with Crippen LogP contribution in [-0.4, -0.2) is 36.7 Å². The number of aromatic nitrogens is 5. The minimum Gasteiger partial charge on any atom is -0.481 e. The molecule has 3 rings (SSSR count). The van der Waals surface area contributed by atoms with Gasteiger partial charge in [0, 0.05) is 4.88 Å². The average Bonchev–Trinajstić information content (AvgIpc) is 3.06. The molecule has 1 aliphatic carbocycles. The zero-order valence-corrected chi connectivity index (χ0v) is 11.6. The number of H-pyrrole nitrogens is 1. The normalized spacial score (nSPS) is 19.4. The van der Waals surface area contributed by atoms with Gasteiger partial charge >= 0.3 is 5.97 Å². The quantitative estimate of drug-likeness (QED) is 0.778. The van der Waals surface area contributed by atoms with Crippen LogP contribution in [0.2, 0.25) is 0 Å². The number of hydrogen-bond acceptors (Lipinski definition) is 7. The molecule has 3 N–H and O–H groups in total. The highest BCUT2D eigenvalue weighted by Gasteiger charge is 2.30. The van der Waals surface area contributed by atoms with E-state index >= 15 is 0 Å². The molecule has 1 aliphatic rings. The molecule has 2 aromatic heterocycles. The number of nitrogens with zero attached hydrogens (tertiary/aromatic N) is 4. The molecule has 0 radical (unpaired) electrons. The van der Waals surface area contributed by atoms with E-state index < -0.39 is 11.9 Å². The van der Waals surface area contributed by atoms with Crippen LogP contribution in [0.4, 0.5) is 5.13 Å². The Bertz CT molecular complexity index is 610. The number of carbonyl (C=O) groups is 1. The van der Waals surface area contributed by atoms with Crippen LogP contribution in [0.25, 0.3) is 0 Å². The van der Waals surface area contributed by atoms with Gasteiger partial charge in [0.2, 0.25) is 0 Å². The SMILES string of the molecule is CC(Nc1nc2c(s1)CCCC2C(=O)O)c1nn[nH]n1. The predicted molar refractivity (Wildman–Crippen MR) is 71.6 cm³/mol. The van der Waals surface area contributed by atoms with Gasteiger partial charge in [-0.25, -0.2) is 4.98 Å². The van der Waals surface area contributed by atoms with Gasteiger partial charge in [0.25, 0.3) is 0 Å². The van der Waals surface area contributed by atoms with Gasteiger partial charge in [-0.2, -0.15) is 5.21 Å². The summed E-state index contributed by atoms with van der Waals surface area (Å²) in [6, 6.07) is -0.135. The summed E-state index contributed by atoms with van der Waals surface area (Å²) in [5.41, 5.74) is 0.705. The molecule has 2 unspecified atom stereocenters. The topological polar surface area (TPSA) is 117 Å². The first-order valence-corrected chi connectivity index (χ1v) is 7.19. The molecule has 0 aliphatic heterocycles. The van der Waals surface area contributed by atoms with Crippen molar-refractivity contribution in [3.05, 3.63) is 16.4 Å². The summed E-state index contributed by atoms with van der Waals surface area (Å²) >= 11 is 1.51. The van der Waals surface area contributed by atoms with Crippen molar-refractivity contribution < 1.29 is 9.90 Å². The van der Waals surface area contributed by atoms with Crippen molar-refractivity contribution in [3.8, 4) is 0 Å². The van der Waals surface area contributed by atoms with Crippen molar-refractivity contribution >= 4 is 22.4 Å². The molecule has 0 spiro atoms. The number of carboxylic acids is 1. The monoisotopic (exact) mass is 294 g/mol. The highest BCUT2D eigenvalue weighted by Crippen LogP contribution is 2.37. The lowest BCUT2D eigenvalue weighted by molar-refractivity contribution is -0.139. The van der Waals surface area contributed by atoms with Gasteiger partial charge in [-0.05, 0) is 26.2 Å². The first kappa shape index (κ1) is 13.0. The van der Waals surface area contributed by atoms with Crippen molar-refractivity contribution in [1.29, 1.82) is 0 Å². The third kappa shape index (κ3) is 2.36. The van der Waals surface area contributed by atoms with Gasteiger partial charge in [-0.15, -0.1) is 21.5 Å². The van der Waals surface area contributed by atoms with Gasteiger partial charge in [0.05, 0.1) is 11.7 Å². The largest absolute Gasteiger partial charge is 0.481 e. The lowest BCUT2D eigenvalue weighted by atomic mass is 9.91. The Kier molecular flexibility index (Phi) is 3.35. The Morgan fingerprint density at radius 3 is 3.15 bits per heavy atom. The number of thiazole rings is 1. The molecule has 0 amide bonds. The maximum atomic E-state index is 11.2. The zero-order chi connectivity index (χ0) is 14.1. The zero-order valence-electron chi connectivity index (χ0n) is 10.8. The van der Waals surface area contributed by atoms with Crippen LogP contribution in [0.1, 0.15) is 48.1 Å². The van der Waals surface area contributed by atoms with E-state index in [2.05, 4.69) is 30.9 Å². The molecule has 0 saturated carbocycles. The number of anilines is 1. The van der Waals surface area contributed by atoms with E-state index in [-0.39, 0.29) is 6.04 Å². The number of aryl methyl sites for hydroxylation is 1. The number of aromatic amines is 1. The predicted octanol–water partition coefficient (Wildman–Crippen LogP) is 1.33. The van der Waals surface area contributed by atoms with E-state index in [4.69, 9.17) is 0 Å². The second kappa shape index (κ2) is 5.16. The van der Waals surface area contributed by atoms with Crippen LogP contribution in [0.5, 0.6) is 0 Å². The molecule has 2 aromatic rings. The van der Waals surface area contributed by atoms with Crippen LogP contribution < -0.4 is 5.32 Å². The minimum atomic E-state index is -0.797. The second-order valence-corrected chi connectivity index (χ2v) is 5.83. The molecule has 106 valence electrons. The maximum absolute atomic E-state index is 11.2. The number of tetrazole rings is 1. The van der Waals surface area contributed by atoms with Crippen LogP contribution in [0, 0.1) is 0 Å². The number of carboxylic acid groups (broad SMARTS) is 1. The Morgan fingerprint density at radius 2 is 2.45 bits per heavy atom. The Balaban J connectivity index is 1.81. The lowest BCUT2D eigenvalue weighted by Crippen LogP contribution is -2.17. The molecule has 8 nitrogen and oxygen atoms in total. The van der Waals surface area contributed by atoms with Gasteiger partial charge in [0.15, 0.2) is 11.0 Å². The fourth-order valence-corrected chi connectivity index (χ4v) is 3.48. The molecule has 0 aromatic carbocycles. The number of rotatable bonds is 4. The maximum Gasteiger partial charge on any atom is 0.312 e. The van der Waals surface area contributed by atoms with Crippen LogP contribution in [-0.2, 0) is 11.2 Å². The summed E-state index contributed by atoms with van der Waals surface area (Å²) < 4.78 is 0. The molecule has 9 heteroatoms. The van der Waals surface area contributed by atoms with Crippen molar-refractivity contribution in [2.24, 2.45) is 0 Å². The van der Waals surface area contributed by atoms with Crippen molar-refractivity contribution in [2.45, 2.75) is 38.1 Å². The molecule has 2 heterocycles. The Labute approximate surface area is 118 Å². The molecule has 0 saturated heterocycles. The van der Waals surface area contributed by atoms with Gasteiger partial charge in [-0.1, -0.05) is 5.21 Å². The molecular formula is C11H14N6O2S. The average molecular weight is 294 g/mol. The van der Waals surface area contributed by atoms with Gasteiger partial charge < -0.3 is 10.4 Å². The Hall–Kier alpha value is -2.03. The minimum absolute atomic E-state index is 0.135. The highest BCUT2D eigenvalue weighted by molar-refractivity contribution is 7.15. The number of fused-ring (bicyclic) bond motifs is 1. The van der Waals surface area contributed by atoms with Crippen LogP contribution >= 0.6 is 11.3 Å². The third-order valence-electron chi connectivity index (χ3n) is 3.34. The van der Waals surface area contributed by atoms with E-state index in [9.17, 15) is 9.90 Å². The van der Waals surface area contributed by atoms with E-state index in [1.165, 1.54) is 11.3 Å². The van der Waals surface area contributed by atoms with E-state index in [1.54, 1.807) is 0 Å². The van der Waals surface area contributed by atoms with Gasteiger partial charge in [0.1, 0.15) is 5.92 Å².